The fraction of sp³-hybridized carbons (Fsp3) is 0.250. The number of aryl methyl sites for hydroxylation is 1. The fourth-order valence-corrected chi connectivity index (χ4v) is 2.39. The van der Waals surface area contributed by atoms with E-state index in [0.29, 0.717) is 18.4 Å². The average Bonchev–Trinajstić information content (AvgIpc) is 2.85. The van der Waals surface area contributed by atoms with E-state index in [0.717, 1.165) is 28.3 Å². The molecule has 0 saturated carbocycles. The van der Waals surface area contributed by atoms with Crippen molar-refractivity contribution in [2.45, 2.75) is 6.92 Å². The molecule has 0 aliphatic carbocycles. The van der Waals surface area contributed by atoms with E-state index in [1.54, 1.807) is 17.7 Å². The molecule has 2 aromatic heterocycles. The van der Waals surface area contributed by atoms with Gasteiger partial charge < -0.3 is 9.47 Å². The van der Waals surface area contributed by atoms with Crippen LogP contribution in [0, 0.1) is 6.92 Å². The second-order valence-electron chi connectivity index (χ2n) is 4.84. The molecule has 0 fully saturated rings. The highest BCUT2D eigenvalue weighted by Crippen LogP contribution is 2.25. The number of fused-ring (bicyclic) bond motifs is 1. The molecular formula is C16H16ClN3O2. The van der Waals surface area contributed by atoms with Gasteiger partial charge in [-0.05, 0) is 43.3 Å². The van der Waals surface area contributed by atoms with E-state index in [1.165, 1.54) is 0 Å². The lowest BCUT2D eigenvalue weighted by molar-refractivity contribution is 0.146. The maximum atomic E-state index is 5.94. The Bertz CT molecular complexity index is 784. The molecule has 0 aliphatic heterocycles. The summed E-state index contributed by atoms with van der Waals surface area (Å²) in [6, 6.07) is 11.4. The summed E-state index contributed by atoms with van der Waals surface area (Å²) in [4.78, 5) is 4.61. The van der Waals surface area contributed by atoms with Crippen molar-refractivity contribution in [1.82, 2.24) is 14.6 Å². The summed E-state index contributed by atoms with van der Waals surface area (Å²) in [7, 11) is 1.65. The zero-order valence-corrected chi connectivity index (χ0v) is 13.2. The Labute approximate surface area is 133 Å². The van der Waals surface area contributed by atoms with E-state index in [2.05, 4.69) is 10.1 Å². The van der Waals surface area contributed by atoms with Crippen LogP contribution < -0.4 is 4.74 Å². The van der Waals surface area contributed by atoms with Crippen molar-refractivity contribution in [1.29, 1.82) is 0 Å². The Morgan fingerprint density at radius 2 is 1.86 bits per heavy atom. The smallest absolute Gasteiger partial charge is 0.154 e. The molecule has 0 atom stereocenters. The van der Waals surface area contributed by atoms with Gasteiger partial charge in [0.15, 0.2) is 5.65 Å². The standard InChI is InChI=1S/C16H16ClN3O2/c1-11-16(18-15-8-7-14(17)19-20(11)15)12-3-5-13(6-4-12)22-10-9-21-2/h3-8H,9-10H2,1-2H3. The van der Waals surface area contributed by atoms with E-state index in [1.807, 2.05) is 37.3 Å². The molecule has 0 amide bonds. The van der Waals surface area contributed by atoms with E-state index in [9.17, 15) is 0 Å². The molecule has 0 aliphatic rings. The van der Waals surface area contributed by atoms with Gasteiger partial charge in [-0.1, -0.05) is 11.6 Å². The van der Waals surface area contributed by atoms with E-state index < -0.39 is 0 Å². The normalized spacial score (nSPS) is 11.0. The van der Waals surface area contributed by atoms with Crippen LogP contribution in [0.5, 0.6) is 5.75 Å². The number of halogens is 1. The van der Waals surface area contributed by atoms with Gasteiger partial charge in [0.2, 0.25) is 0 Å². The first-order valence-corrected chi connectivity index (χ1v) is 7.31. The van der Waals surface area contributed by atoms with Crippen molar-refractivity contribution >= 4 is 17.2 Å². The first kappa shape index (κ1) is 14.8. The molecule has 0 radical (unpaired) electrons. The molecule has 22 heavy (non-hydrogen) atoms. The molecule has 114 valence electrons. The van der Waals surface area contributed by atoms with Crippen molar-refractivity contribution in [3.05, 3.63) is 47.2 Å². The first-order valence-electron chi connectivity index (χ1n) is 6.93. The topological polar surface area (TPSA) is 48.7 Å². The number of ether oxygens (including phenoxy) is 2. The summed E-state index contributed by atoms with van der Waals surface area (Å²) < 4.78 is 12.3. The molecule has 0 unspecified atom stereocenters. The number of aromatic nitrogens is 3. The van der Waals surface area contributed by atoms with Crippen LogP contribution in [0.3, 0.4) is 0 Å². The minimum Gasteiger partial charge on any atom is -0.491 e. The van der Waals surface area contributed by atoms with Gasteiger partial charge in [-0.15, -0.1) is 0 Å². The van der Waals surface area contributed by atoms with E-state index in [-0.39, 0.29) is 0 Å². The summed E-state index contributed by atoms with van der Waals surface area (Å²) in [5.41, 5.74) is 3.62. The average molecular weight is 318 g/mol. The van der Waals surface area contributed by atoms with Crippen molar-refractivity contribution in [3.8, 4) is 17.0 Å². The van der Waals surface area contributed by atoms with Gasteiger partial charge in [-0.3, -0.25) is 0 Å². The Hall–Kier alpha value is -2.11. The molecule has 2 heterocycles. The van der Waals surface area contributed by atoms with Gasteiger partial charge in [0.25, 0.3) is 0 Å². The van der Waals surface area contributed by atoms with Gasteiger partial charge >= 0.3 is 0 Å². The van der Waals surface area contributed by atoms with Crippen molar-refractivity contribution in [2.75, 3.05) is 20.3 Å². The Morgan fingerprint density at radius 3 is 2.59 bits per heavy atom. The molecule has 0 spiro atoms. The van der Waals surface area contributed by atoms with Gasteiger partial charge in [-0.2, -0.15) is 5.10 Å². The molecule has 3 rings (SSSR count). The lowest BCUT2D eigenvalue weighted by Gasteiger charge is -2.06. The summed E-state index contributed by atoms with van der Waals surface area (Å²) in [6.45, 7) is 3.08. The predicted molar refractivity (Wildman–Crippen MR) is 85.5 cm³/mol. The highest BCUT2D eigenvalue weighted by atomic mass is 35.5. The summed E-state index contributed by atoms with van der Waals surface area (Å²) >= 11 is 5.94. The van der Waals surface area contributed by atoms with Crippen LogP contribution >= 0.6 is 11.6 Å². The molecule has 0 bridgehead atoms. The second-order valence-corrected chi connectivity index (χ2v) is 5.22. The fourth-order valence-electron chi connectivity index (χ4n) is 2.25. The lowest BCUT2D eigenvalue weighted by atomic mass is 10.1. The maximum absolute atomic E-state index is 5.94. The third kappa shape index (κ3) is 2.91. The molecule has 3 aromatic rings. The van der Waals surface area contributed by atoms with Crippen LogP contribution in [0.1, 0.15) is 5.69 Å². The first-order chi connectivity index (χ1) is 10.7. The number of benzene rings is 1. The quantitative estimate of drug-likeness (QED) is 0.677. The Morgan fingerprint density at radius 1 is 1.09 bits per heavy atom. The van der Waals surface area contributed by atoms with Crippen molar-refractivity contribution in [3.63, 3.8) is 0 Å². The minimum absolute atomic E-state index is 0.446. The van der Waals surface area contributed by atoms with Gasteiger partial charge in [0.1, 0.15) is 17.5 Å². The van der Waals surface area contributed by atoms with Crippen LogP contribution in [-0.2, 0) is 4.74 Å². The number of hydrogen-bond donors (Lipinski definition) is 0. The molecular weight excluding hydrogens is 302 g/mol. The van der Waals surface area contributed by atoms with Crippen LogP contribution in [0.4, 0.5) is 0 Å². The third-order valence-electron chi connectivity index (χ3n) is 3.35. The molecule has 1 aromatic carbocycles. The van der Waals surface area contributed by atoms with Crippen molar-refractivity contribution in [2.24, 2.45) is 0 Å². The highest BCUT2D eigenvalue weighted by Gasteiger charge is 2.11. The highest BCUT2D eigenvalue weighted by molar-refractivity contribution is 6.29. The molecule has 5 nitrogen and oxygen atoms in total. The monoisotopic (exact) mass is 317 g/mol. The van der Waals surface area contributed by atoms with Gasteiger partial charge in [-0.25, -0.2) is 9.50 Å². The van der Waals surface area contributed by atoms with Crippen molar-refractivity contribution < 1.29 is 9.47 Å². The molecule has 6 heteroatoms. The number of methoxy groups -OCH3 is 1. The van der Waals surface area contributed by atoms with Crippen LogP contribution in [-0.4, -0.2) is 34.9 Å². The Balaban J connectivity index is 1.89. The summed E-state index contributed by atoms with van der Waals surface area (Å²) in [6.07, 6.45) is 0. The van der Waals surface area contributed by atoms with Crippen LogP contribution in [0.15, 0.2) is 36.4 Å². The Kier molecular flexibility index (Phi) is 4.27. The third-order valence-corrected chi connectivity index (χ3v) is 3.55. The summed E-state index contributed by atoms with van der Waals surface area (Å²) in [5.74, 6) is 0.809. The predicted octanol–water partition coefficient (Wildman–Crippen LogP) is 3.38. The zero-order chi connectivity index (χ0) is 15.5. The van der Waals surface area contributed by atoms with E-state index >= 15 is 0 Å². The largest absolute Gasteiger partial charge is 0.491 e. The van der Waals surface area contributed by atoms with Gasteiger partial charge in [0.05, 0.1) is 18.0 Å². The van der Waals surface area contributed by atoms with E-state index in [4.69, 9.17) is 21.1 Å². The van der Waals surface area contributed by atoms with Crippen LogP contribution in [0.25, 0.3) is 16.9 Å². The molecule has 0 saturated heterocycles. The SMILES string of the molecule is COCCOc1ccc(-c2nc3ccc(Cl)nn3c2C)cc1. The summed E-state index contributed by atoms with van der Waals surface area (Å²) in [5, 5.41) is 4.72. The number of hydrogen-bond acceptors (Lipinski definition) is 4. The minimum atomic E-state index is 0.446. The zero-order valence-electron chi connectivity index (χ0n) is 12.4. The maximum Gasteiger partial charge on any atom is 0.154 e. The second kappa shape index (κ2) is 6.34. The number of imidazole rings is 1. The van der Waals surface area contributed by atoms with Crippen LogP contribution in [0.2, 0.25) is 5.15 Å². The molecule has 0 N–H and O–H groups in total. The number of rotatable bonds is 5. The van der Waals surface area contributed by atoms with Gasteiger partial charge in [0, 0.05) is 12.7 Å². The lowest BCUT2D eigenvalue weighted by Crippen LogP contribution is -2.03. The number of nitrogens with zero attached hydrogens (tertiary/aromatic N) is 3.